The van der Waals surface area contributed by atoms with Gasteiger partial charge >= 0.3 is 5.97 Å². The van der Waals surface area contributed by atoms with Crippen molar-refractivity contribution in [1.82, 2.24) is 0 Å². The Balaban J connectivity index is 1.93. The molecule has 1 aliphatic carbocycles. The average Bonchev–Trinajstić information content (AvgIpc) is 2.69. The van der Waals surface area contributed by atoms with Gasteiger partial charge in [0.1, 0.15) is 23.3 Å². The van der Waals surface area contributed by atoms with Crippen LogP contribution in [0, 0.1) is 17.6 Å². The van der Waals surface area contributed by atoms with Crippen LogP contribution in [0.15, 0.2) is 54.2 Å². The lowest BCUT2D eigenvalue weighted by Crippen LogP contribution is -2.34. The molecule has 0 unspecified atom stereocenters. The number of nitrogens with one attached hydrogen (secondary N) is 1. The van der Waals surface area contributed by atoms with E-state index in [1.807, 2.05) is 0 Å². The van der Waals surface area contributed by atoms with E-state index in [0.717, 1.165) is 17.7 Å². The van der Waals surface area contributed by atoms with Crippen LogP contribution in [0.25, 0.3) is 0 Å². The zero-order valence-corrected chi connectivity index (χ0v) is 15.4. The quantitative estimate of drug-likeness (QED) is 0.624. The lowest BCUT2D eigenvalue weighted by molar-refractivity contribution is -0.149. The maximum Gasteiger partial charge on any atom is 0.317 e. The summed E-state index contributed by atoms with van der Waals surface area (Å²) in [4.78, 5) is 24.9. The van der Waals surface area contributed by atoms with Crippen molar-refractivity contribution in [2.24, 2.45) is 5.92 Å². The highest BCUT2D eigenvalue weighted by Crippen LogP contribution is 2.38. The van der Waals surface area contributed by atoms with Gasteiger partial charge in [0.25, 0.3) is 0 Å². The minimum Gasteiger partial charge on any atom is -0.497 e. The monoisotopic (exact) mass is 387 g/mol. The molecule has 2 atom stereocenters. The van der Waals surface area contributed by atoms with E-state index in [1.165, 1.54) is 19.3 Å². The lowest BCUT2D eigenvalue weighted by atomic mass is 9.76. The second kappa shape index (κ2) is 8.21. The fourth-order valence-electron chi connectivity index (χ4n) is 3.29. The van der Waals surface area contributed by atoms with Crippen molar-refractivity contribution in [3.8, 4) is 5.75 Å². The number of halogens is 2. The van der Waals surface area contributed by atoms with E-state index < -0.39 is 35.2 Å². The van der Waals surface area contributed by atoms with E-state index in [0.29, 0.717) is 11.4 Å². The lowest BCUT2D eigenvalue weighted by Gasteiger charge is -2.29. The molecule has 1 N–H and O–H groups in total. The molecule has 0 fully saturated rings. The number of ketones is 1. The highest BCUT2D eigenvalue weighted by Gasteiger charge is 2.39. The molecule has 2 aromatic carbocycles. The second-order valence-corrected chi connectivity index (χ2v) is 6.41. The van der Waals surface area contributed by atoms with Crippen molar-refractivity contribution >= 4 is 17.4 Å². The van der Waals surface area contributed by atoms with Gasteiger partial charge in [0.05, 0.1) is 19.9 Å². The molecule has 0 saturated heterocycles. The van der Waals surface area contributed by atoms with E-state index >= 15 is 0 Å². The van der Waals surface area contributed by atoms with Gasteiger partial charge in [-0.1, -0.05) is 12.1 Å². The topological polar surface area (TPSA) is 64.6 Å². The third kappa shape index (κ3) is 4.03. The van der Waals surface area contributed by atoms with Crippen LogP contribution in [0.3, 0.4) is 0 Å². The van der Waals surface area contributed by atoms with Crippen molar-refractivity contribution in [2.45, 2.75) is 12.3 Å². The molecule has 0 aliphatic heterocycles. The van der Waals surface area contributed by atoms with E-state index in [9.17, 15) is 18.4 Å². The molecule has 0 saturated carbocycles. The molecule has 146 valence electrons. The predicted molar refractivity (Wildman–Crippen MR) is 98.9 cm³/mol. The molecule has 2 aromatic rings. The smallest absolute Gasteiger partial charge is 0.317 e. The summed E-state index contributed by atoms with van der Waals surface area (Å²) in [6.07, 6.45) is 1.54. The first kappa shape index (κ1) is 19.5. The maximum absolute atomic E-state index is 14.0. The molecule has 0 aromatic heterocycles. The Morgan fingerprint density at radius 2 is 1.82 bits per heavy atom. The van der Waals surface area contributed by atoms with Gasteiger partial charge in [-0.2, -0.15) is 0 Å². The molecule has 1 aliphatic rings. The van der Waals surface area contributed by atoms with Gasteiger partial charge < -0.3 is 14.8 Å². The first-order valence-corrected chi connectivity index (χ1v) is 8.61. The SMILES string of the molecule is COC(=O)[C@H]1C(=O)C=C(Nc2ccc(F)cc2F)C[C@H]1c1ccc(OC)cc1. The Bertz CT molecular complexity index is 925. The molecule has 0 radical (unpaired) electrons. The molecule has 3 rings (SSSR count). The summed E-state index contributed by atoms with van der Waals surface area (Å²) >= 11 is 0. The van der Waals surface area contributed by atoms with E-state index in [1.54, 1.807) is 31.4 Å². The van der Waals surface area contributed by atoms with Crippen LogP contribution in [0.2, 0.25) is 0 Å². The standard InChI is InChI=1S/C21H19F2NO4/c1-27-15-6-3-12(4-7-15)16-10-14(11-19(25)20(16)21(26)28-2)24-18-8-5-13(22)9-17(18)23/h3-9,11,16,20,24H,10H2,1-2H3/t16-,20+/m0/s1. The van der Waals surface area contributed by atoms with Gasteiger partial charge in [0, 0.05) is 23.8 Å². The number of benzene rings is 2. The number of anilines is 1. The van der Waals surface area contributed by atoms with Crippen LogP contribution in [-0.4, -0.2) is 26.0 Å². The third-order valence-corrected chi connectivity index (χ3v) is 4.69. The zero-order valence-electron chi connectivity index (χ0n) is 15.4. The minimum atomic E-state index is -0.998. The molecule has 5 nitrogen and oxygen atoms in total. The number of carbonyl (C=O) groups excluding carboxylic acids is 2. The Hall–Kier alpha value is -3.22. The van der Waals surface area contributed by atoms with Crippen LogP contribution < -0.4 is 10.1 Å². The van der Waals surface area contributed by atoms with Crippen molar-refractivity contribution in [1.29, 1.82) is 0 Å². The molecule has 0 heterocycles. The first-order valence-electron chi connectivity index (χ1n) is 8.61. The number of ether oxygens (including phenoxy) is 2. The second-order valence-electron chi connectivity index (χ2n) is 6.41. The summed E-state index contributed by atoms with van der Waals surface area (Å²) in [5.41, 5.74) is 1.22. The van der Waals surface area contributed by atoms with Crippen LogP contribution in [0.5, 0.6) is 5.75 Å². The molecular weight excluding hydrogens is 368 g/mol. The van der Waals surface area contributed by atoms with Crippen LogP contribution in [0.1, 0.15) is 17.9 Å². The normalized spacial score (nSPS) is 19.0. The number of methoxy groups -OCH3 is 2. The number of hydrogen-bond donors (Lipinski definition) is 1. The van der Waals surface area contributed by atoms with Gasteiger partial charge in [-0.15, -0.1) is 0 Å². The number of esters is 1. The molecule has 0 amide bonds. The molecule has 28 heavy (non-hydrogen) atoms. The number of allylic oxidation sites excluding steroid dienone is 2. The molecule has 0 bridgehead atoms. The fourth-order valence-corrected chi connectivity index (χ4v) is 3.29. The highest BCUT2D eigenvalue weighted by atomic mass is 19.1. The third-order valence-electron chi connectivity index (χ3n) is 4.69. The summed E-state index contributed by atoms with van der Waals surface area (Å²) < 4.78 is 37.0. The molecule has 7 heteroatoms. The molecular formula is C21H19F2NO4. The summed E-state index contributed by atoms with van der Waals surface area (Å²) in [6, 6.07) is 10.1. The van der Waals surface area contributed by atoms with E-state index in [4.69, 9.17) is 9.47 Å². The summed E-state index contributed by atoms with van der Waals surface area (Å²) in [5.74, 6) is -3.40. The zero-order chi connectivity index (χ0) is 20.3. The van der Waals surface area contributed by atoms with E-state index in [-0.39, 0.29) is 12.1 Å². The Kier molecular flexibility index (Phi) is 5.73. The Morgan fingerprint density at radius 3 is 2.43 bits per heavy atom. The van der Waals surface area contributed by atoms with Crippen molar-refractivity contribution in [3.05, 3.63) is 71.4 Å². The molecule has 0 spiro atoms. The minimum absolute atomic E-state index is 0.0467. The summed E-state index contributed by atoms with van der Waals surface area (Å²) in [7, 11) is 2.77. The van der Waals surface area contributed by atoms with Gasteiger partial charge in [0.15, 0.2) is 5.78 Å². The van der Waals surface area contributed by atoms with Crippen LogP contribution in [0.4, 0.5) is 14.5 Å². The average molecular weight is 387 g/mol. The van der Waals surface area contributed by atoms with Crippen molar-refractivity contribution < 1.29 is 27.8 Å². The fraction of sp³-hybridized carbons (Fsp3) is 0.238. The van der Waals surface area contributed by atoms with Crippen molar-refractivity contribution in [2.75, 3.05) is 19.5 Å². The van der Waals surface area contributed by atoms with Crippen LogP contribution >= 0.6 is 0 Å². The largest absolute Gasteiger partial charge is 0.497 e. The Morgan fingerprint density at radius 1 is 1.11 bits per heavy atom. The predicted octanol–water partition coefficient (Wildman–Crippen LogP) is 3.82. The van der Waals surface area contributed by atoms with Gasteiger partial charge in [-0.3, -0.25) is 9.59 Å². The maximum atomic E-state index is 14.0. The van der Waals surface area contributed by atoms with Gasteiger partial charge in [-0.05, 0) is 36.2 Å². The summed E-state index contributed by atoms with van der Waals surface area (Å²) in [6.45, 7) is 0. The number of rotatable bonds is 5. The first-order chi connectivity index (χ1) is 13.4. The summed E-state index contributed by atoms with van der Waals surface area (Å²) in [5, 5.41) is 2.83. The van der Waals surface area contributed by atoms with Crippen molar-refractivity contribution in [3.63, 3.8) is 0 Å². The van der Waals surface area contributed by atoms with Gasteiger partial charge in [-0.25, -0.2) is 8.78 Å². The highest BCUT2D eigenvalue weighted by molar-refractivity contribution is 6.07. The van der Waals surface area contributed by atoms with Crippen LogP contribution in [-0.2, 0) is 14.3 Å². The Labute approximate surface area is 161 Å². The number of hydrogen-bond acceptors (Lipinski definition) is 5. The van der Waals surface area contributed by atoms with Gasteiger partial charge in [0.2, 0.25) is 0 Å². The number of carbonyl (C=O) groups is 2. The van der Waals surface area contributed by atoms with E-state index in [2.05, 4.69) is 5.32 Å².